The van der Waals surface area contributed by atoms with E-state index < -0.39 is 11.9 Å². The number of hydrogen-bond donors (Lipinski definition) is 0. The minimum atomic E-state index is -4.60. The average Bonchev–Trinajstić information content (AvgIpc) is 3.41. The number of aromatic nitrogens is 3. The maximum absolute atomic E-state index is 13.7. The summed E-state index contributed by atoms with van der Waals surface area (Å²) >= 11 is 1.09. The lowest BCUT2D eigenvalue weighted by molar-refractivity contribution is -0.142. The molecule has 0 aliphatic heterocycles. The van der Waals surface area contributed by atoms with Crippen LogP contribution in [0, 0.1) is 0 Å². The number of methoxy groups -OCH3 is 2. The van der Waals surface area contributed by atoms with Gasteiger partial charge in [-0.2, -0.15) is 18.3 Å². The molecule has 2 aromatic heterocycles. The maximum Gasteiger partial charge on any atom is 0.433 e. The second-order valence-corrected chi connectivity index (χ2v) is 7.11. The van der Waals surface area contributed by atoms with E-state index in [4.69, 9.17) is 9.47 Å². The average molecular weight is 431 g/mol. The van der Waals surface area contributed by atoms with Crippen LogP contribution in [0.5, 0.6) is 11.5 Å². The zero-order valence-corrected chi connectivity index (χ0v) is 16.8. The number of benzene rings is 2. The Kier molecular flexibility index (Phi) is 5.21. The highest BCUT2D eigenvalue weighted by Crippen LogP contribution is 2.37. The highest BCUT2D eigenvalue weighted by atomic mass is 32.1. The SMILES string of the molecule is COc1ccc(-c2cc(C(F)(F)F)n(-c3nc(-c4ccccc4)cs3)n2)cc1OC. The molecule has 0 saturated carbocycles. The molecule has 0 radical (unpaired) electrons. The fourth-order valence-corrected chi connectivity index (χ4v) is 3.76. The number of thiazole rings is 1. The smallest absolute Gasteiger partial charge is 0.433 e. The lowest BCUT2D eigenvalue weighted by Gasteiger charge is -2.08. The summed E-state index contributed by atoms with van der Waals surface area (Å²) in [7, 11) is 2.95. The predicted molar refractivity (Wildman–Crippen MR) is 108 cm³/mol. The molecule has 0 saturated heterocycles. The summed E-state index contributed by atoms with van der Waals surface area (Å²) in [4.78, 5) is 4.37. The van der Waals surface area contributed by atoms with Crippen LogP contribution in [-0.2, 0) is 6.18 Å². The first-order valence-electron chi connectivity index (χ1n) is 8.81. The van der Waals surface area contributed by atoms with E-state index in [1.165, 1.54) is 14.2 Å². The minimum Gasteiger partial charge on any atom is -0.493 e. The maximum atomic E-state index is 13.7. The lowest BCUT2D eigenvalue weighted by Crippen LogP contribution is -2.13. The largest absolute Gasteiger partial charge is 0.493 e. The van der Waals surface area contributed by atoms with Gasteiger partial charge in [-0.05, 0) is 24.3 Å². The van der Waals surface area contributed by atoms with Crippen molar-refractivity contribution in [3.63, 3.8) is 0 Å². The van der Waals surface area contributed by atoms with Gasteiger partial charge in [-0.1, -0.05) is 30.3 Å². The lowest BCUT2D eigenvalue weighted by atomic mass is 10.1. The van der Waals surface area contributed by atoms with Crippen molar-refractivity contribution in [2.24, 2.45) is 0 Å². The van der Waals surface area contributed by atoms with Gasteiger partial charge < -0.3 is 9.47 Å². The molecule has 0 spiro atoms. The van der Waals surface area contributed by atoms with Crippen LogP contribution in [0.1, 0.15) is 5.69 Å². The number of nitrogens with zero attached hydrogens (tertiary/aromatic N) is 3. The number of hydrogen-bond acceptors (Lipinski definition) is 5. The molecule has 30 heavy (non-hydrogen) atoms. The van der Waals surface area contributed by atoms with E-state index in [2.05, 4.69) is 10.1 Å². The van der Waals surface area contributed by atoms with Crippen molar-refractivity contribution in [2.75, 3.05) is 14.2 Å². The van der Waals surface area contributed by atoms with Crippen molar-refractivity contribution in [3.05, 3.63) is 65.7 Å². The zero-order valence-electron chi connectivity index (χ0n) is 16.0. The standard InChI is InChI=1S/C21H16F3N3O2S/c1-28-17-9-8-14(10-18(17)29-2)15-11-19(21(22,23)24)27(26-15)20-25-16(12-30-20)13-6-4-3-5-7-13/h3-12H,1-2H3. The van der Waals surface area contributed by atoms with Gasteiger partial charge in [-0.3, -0.25) is 0 Å². The monoisotopic (exact) mass is 431 g/mol. The summed E-state index contributed by atoms with van der Waals surface area (Å²) < 4.78 is 52.5. The summed E-state index contributed by atoms with van der Waals surface area (Å²) in [5.74, 6) is 0.878. The summed E-state index contributed by atoms with van der Waals surface area (Å²) in [5.41, 5.74) is 1.13. The molecule has 9 heteroatoms. The Balaban J connectivity index is 1.80. The van der Waals surface area contributed by atoms with Crippen LogP contribution in [0.2, 0.25) is 0 Å². The van der Waals surface area contributed by atoms with Gasteiger partial charge >= 0.3 is 6.18 Å². The molecule has 154 valence electrons. The molecule has 4 rings (SSSR count). The minimum absolute atomic E-state index is 0.132. The molecular formula is C21H16F3N3O2S. The first kappa shape index (κ1) is 20.0. The molecule has 0 atom stereocenters. The number of halogens is 3. The Morgan fingerprint density at radius 1 is 0.867 bits per heavy atom. The Labute approximate surface area is 174 Å². The van der Waals surface area contributed by atoms with E-state index in [1.807, 2.05) is 30.3 Å². The van der Waals surface area contributed by atoms with Gasteiger partial charge in [-0.25, -0.2) is 9.67 Å². The highest BCUT2D eigenvalue weighted by molar-refractivity contribution is 7.12. The Morgan fingerprint density at radius 2 is 1.60 bits per heavy atom. The van der Waals surface area contributed by atoms with Crippen LogP contribution >= 0.6 is 11.3 Å². The van der Waals surface area contributed by atoms with E-state index in [9.17, 15) is 13.2 Å². The van der Waals surface area contributed by atoms with Crippen molar-refractivity contribution in [1.82, 2.24) is 14.8 Å². The van der Waals surface area contributed by atoms with Crippen molar-refractivity contribution in [3.8, 4) is 39.1 Å². The zero-order chi connectivity index (χ0) is 21.3. The molecule has 0 amide bonds. The number of rotatable bonds is 5. The third kappa shape index (κ3) is 3.76. The third-order valence-electron chi connectivity index (χ3n) is 4.42. The van der Waals surface area contributed by atoms with Crippen LogP contribution in [0.4, 0.5) is 13.2 Å². The third-order valence-corrected chi connectivity index (χ3v) is 5.24. The van der Waals surface area contributed by atoms with Crippen molar-refractivity contribution in [2.45, 2.75) is 6.18 Å². The molecule has 2 heterocycles. The molecule has 0 aliphatic rings. The number of ether oxygens (including phenoxy) is 2. The van der Waals surface area contributed by atoms with Gasteiger partial charge in [0.25, 0.3) is 0 Å². The van der Waals surface area contributed by atoms with Gasteiger partial charge in [0.15, 0.2) is 17.2 Å². The molecule has 0 bridgehead atoms. The molecule has 0 aliphatic carbocycles. The Morgan fingerprint density at radius 3 is 2.27 bits per heavy atom. The van der Waals surface area contributed by atoms with Gasteiger partial charge in [0.05, 0.1) is 25.6 Å². The molecule has 0 N–H and O–H groups in total. The van der Waals surface area contributed by atoms with E-state index >= 15 is 0 Å². The van der Waals surface area contributed by atoms with E-state index in [1.54, 1.807) is 23.6 Å². The quantitative estimate of drug-likeness (QED) is 0.407. The molecule has 0 unspecified atom stereocenters. The molecule has 5 nitrogen and oxygen atoms in total. The first-order valence-corrected chi connectivity index (χ1v) is 9.69. The van der Waals surface area contributed by atoms with Crippen molar-refractivity contribution in [1.29, 1.82) is 0 Å². The number of alkyl halides is 3. The second kappa shape index (κ2) is 7.83. The Bertz CT molecular complexity index is 1170. The van der Waals surface area contributed by atoms with Crippen LogP contribution in [0.15, 0.2) is 60.0 Å². The second-order valence-electron chi connectivity index (χ2n) is 6.28. The van der Waals surface area contributed by atoms with E-state index in [0.29, 0.717) is 22.8 Å². The van der Waals surface area contributed by atoms with Crippen LogP contribution in [0.3, 0.4) is 0 Å². The molecule has 2 aromatic carbocycles. The van der Waals surface area contributed by atoms with E-state index in [-0.39, 0.29) is 10.8 Å². The van der Waals surface area contributed by atoms with Gasteiger partial charge in [0.1, 0.15) is 0 Å². The summed E-state index contributed by atoms with van der Waals surface area (Å²) in [6, 6.07) is 15.1. The Hall–Kier alpha value is -3.33. The molecular weight excluding hydrogens is 415 g/mol. The molecule has 4 aromatic rings. The van der Waals surface area contributed by atoms with Crippen LogP contribution in [-0.4, -0.2) is 29.0 Å². The normalized spacial score (nSPS) is 11.5. The molecule has 0 fully saturated rings. The fourth-order valence-electron chi connectivity index (χ4n) is 2.97. The predicted octanol–water partition coefficient (Wildman–Crippen LogP) is 5.70. The van der Waals surface area contributed by atoms with Crippen molar-refractivity contribution < 1.29 is 22.6 Å². The van der Waals surface area contributed by atoms with Crippen LogP contribution < -0.4 is 9.47 Å². The van der Waals surface area contributed by atoms with Gasteiger partial charge in [0, 0.05) is 16.5 Å². The summed E-state index contributed by atoms with van der Waals surface area (Å²) in [6.07, 6.45) is -4.60. The first-order chi connectivity index (χ1) is 14.4. The van der Waals surface area contributed by atoms with Gasteiger partial charge in [-0.15, -0.1) is 11.3 Å². The summed E-state index contributed by atoms with van der Waals surface area (Å²) in [5, 5.41) is 6.05. The van der Waals surface area contributed by atoms with Crippen molar-refractivity contribution >= 4 is 11.3 Å². The van der Waals surface area contributed by atoms with Gasteiger partial charge in [0.2, 0.25) is 5.13 Å². The summed E-state index contributed by atoms with van der Waals surface area (Å²) in [6.45, 7) is 0. The fraction of sp³-hybridized carbons (Fsp3) is 0.143. The van der Waals surface area contributed by atoms with Crippen LogP contribution in [0.25, 0.3) is 27.6 Å². The highest BCUT2D eigenvalue weighted by Gasteiger charge is 2.37. The van der Waals surface area contributed by atoms with E-state index in [0.717, 1.165) is 27.6 Å². The topological polar surface area (TPSA) is 49.2 Å².